The highest BCUT2D eigenvalue weighted by atomic mass is 16.2. The summed E-state index contributed by atoms with van der Waals surface area (Å²) >= 11 is 0. The first-order chi connectivity index (χ1) is 10.6. The summed E-state index contributed by atoms with van der Waals surface area (Å²) in [6, 6.07) is 19.1. The van der Waals surface area contributed by atoms with Crippen LogP contribution < -0.4 is 5.32 Å². The molecule has 3 heteroatoms. The molecule has 0 saturated carbocycles. The minimum Gasteiger partial charge on any atom is -0.339 e. The second-order valence-electron chi connectivity index (χ2n) is 5.59. The van der Waals surface area contributed by atoms with E-state index in [0.717, 1.165) is 11.1 Å². The van der Waals surface area contributed by atoms with Crippen LogP contribution in [-0.2, 0) is 15.1 Å². The highest BCUT2D eigenvalue weighted by molar-refractivity contribution is 6.22. The minimum absolute atomic E-state index is 0.0368. The second kappa shape index (κ2) is 5.60. The molecule has 3 nitrogen and oxygen atoms in total. The maximum Gasteiger partial charge on any atom is 0.252 e. The molecule has 1 aliphatic rings. The smallest absolute Gasteiger partial charge is 0.252 e. The topological polar surface area (TPSA) is 46.2 Å². The van der Waals surface area contributed by atoms with Crippen LogP contribution in [0.25, 0.3) is 5.57 Å². The largest absolute Gasteiger partial charge is 0.339 e. The Morgan fingerprint density at radius 2 is 1.59 bits per heavy atom. The van der Waals surface area contributed by atoms with Crippen molar-refractivity contribution in [3.63, 3.8) is 0 Å². The first kappa shape index (κ1) is 14.3. The van der Waals surface area contributed by atoms with Crippen LogP contribution in [0, 0.1) is 0 Å². The van der Waals surface area contributed by atoms with Crippen molar-refractivity contribution in [2.24, 2.45) is 0 Å². The number of hydrogen-bond donors (Lipinski definition) is 1. The Kier molecular flexibility index (Phi) is 3.63. The molecule has 0 aromatic heterocycles. The van der Waals surface area contributed by atoms with E-state index in [1.165, 1.54) is 0 Å². The zero-order valence-corrected chi connectivity index (χ0v) is 12.4. The fourth-order valence-corrected chi connectivity index (χ4v) is 2.93. The fraction of sp³-hybridized carbons (Fsp3) is 0.158. The third kappa shape index (κ3) is 2.58. The van der Waals surface area contributed by atoms with Crippen LogP contribution in [0.1, 0.15) is 24.5 Å². The third-order valence-corrected chi connectivity index (χ3v) is 3.87. The third-order valence-electron chi connectivity index (χ3n) is 3.87. The molecule has 0 bridgehead atoms. The number of Topliss-reactive ketones (excluding diaryl/α,β-unsaturated/α-hetero) is 1. The summed E-state index contributed by atoms with van der Waals surface area (Å²) < 4.78 is 0. The molecule has 1 heterocycles. The van der Waals surface area contributed by atoms with Crippen LogP contribution in [0.4, 0.5) is 0 Å². The van der Waals surface area contributed by atoms with E-state index in [0.29, 0.717) is 5.57 Å². The summed E-state index contributed by atoms with van der Waals surface area (Å²) in [6.07, 6.45) is 2.14. The molecular formula is C19H17NO2. The van der Waals surface area contributed by atoms with E-state index in [-0.39, 0.29) is 18.1 Å². The minimum atomic E-state index is -0.755. The zero-order chi connectivity index (χ0) is 15.6. The molecule has 0 saturated heterocycles. The number of ketones is 1. The van der Waals surface area contributed by atoms with Gasteiger partial charge in [0.1, 0.15) is 5.78 Å². The molecule has 3 rings (SSSR count). The molecule has 1 atom stereocenters. The van der Waals surface area contributed by atoms with Crippen LogP contribution in [0.5, 0.6) is 0 Å². The molecule has 0 spiro atoms. The van der Waals surface area contributed by atoms with Crippen LogP contribution >= 0.6 is 0 Å². The van der Waals surface area contributed by atoms with Crippen LogP contribution in [0.3, 0.4) is 0 Å². The van der Waals surface area contributed by atoms with Crippen molar-refractivity contribution >= 4 is 17.3 Å². The maximum absolute atomic E-state index is 12.5. The Hall–Kier alpha value is -2.68. The SMILES string of the molecule is CC(=O)CC1(c2ccccc2)C=C(c2ccccc2)C(=O)N1. The molecular weight excluding hydrogens is 274 g/mol. The van der Waals surface area contributed by atoms with Gasteiger partial charge in [0.25, 0.3) is 5.91 Å². The maximum atomic E-state index is 12.5. The molecule has 2 aromatic carbocycles. The van der Waals surface area contributed by atoms with Gasteiger partial charge < -0.3 is 5.32 Å². The van der Waals surface area contributed by atoms with Gasteiger partial charge in [-0.2, -0.15) is 0 Å². The van der Waals surface area contributed by atoms with Crippen molar-refractivity contribution in [2.75, 3.05) is 0 Å². The predicted molar refractivity (Wildman–Crippen MR) is 86.0 cm³/mol. The lowest BCUT2D eigenvalue weighted by Gasteiger charge is -2.27. The number of rotatable bonds is 4. The van der Waals surface area contributed by atoms with Crippen molar-refractivity contribution in [1.29, 1.82) is 0 Å². The van der Waals surface area contributed by atoms with Crippen LogP contribution in [0.2, 0.25) is 0 Å². The molecule has 1 unspecified atom stereocenters. The predicted octanol–water partition coefficient (Wildman–Crippen LogP) is 3.07. The Morgan fingerprint density at radius 1 is 1.00 bits per heavy atom. The van der Waals surface area contributed by atoms with Gasteiger partial charge in [-0.05, 0) is 24.1 Å². The van der Waals surface area contributed by atoms with E-state index in [1.54, 1.807) is 6.92 Å². The Labute approximate surface area is 129 Å². The van der Waals surface area contributed by atoms with E-state index in [2.05, 4.69) is 5.32 Å². The fourth-order valence-electron chi connectivity index (χ4n) is 2.93. The van der Waals surface area contributed by atoms with Crippen molar-refractivity contribution < 1.29 is 9.59 Å². The van der Waals surface area contributed by atoms with Gasteiger partial charge in [-0.25, -0.2) is 0 Å². The standard InChI is InChI=1S/C19H17NO2/c1-14(21)12-19(16-10-6-3-7-11-16)13-17(18(22)20-19)15-8-4-2-5-9-15/h2-11,13H,12H2,1H3,(H,20,22). The lowest BCUT2D eigenvalue weighted by molar-refractivity contribution is -0.119. The highest BCUT2D eigenvalue weighted by Crippen LogP contribution is 2.36. The van der Waals surface area contributed by atoms with Gasteiger partial charge >= 0.3 is 0 Å². The van der Waals surface area contributed by atoms with E-state index in [9.17, 15) is 9.59 Å². The van der Waals surface area contributed by atoms with Gasteiger partial charge in [0.2, 0.25) is 0 Å². The van der Waals surface area contributed by atoms with E-state index >= 15 is 0 Å². The molecule has 0 radical (unpaired) electrons. The summed E-state index contributed by atoms with van der Waals surface area (Å²) in [5.41, 5.74) is 1.64. The number of benzene rings is 2. The van der Waals surface area contributed by atoms with Gasteiger partial charge in [0.15, 0.2) is 0 Å². The van der Waals surface area contributed by atoms with Crippen molar-refractivity contribution in [3.8, 4) is 0 Å². The summed E-state index contributed by atoms with van der Waals surface area (Å²) in [4.78, 5) is 24.2. The molecule has 1 aliphatic heterocycles. The van der Waals surface area contributed by atoms with Gasteiger partial charge in [-0.15, -0.1) is 0 Å². The summed E-state index contributed by atoms with van der Waals surface area (Å²) in [5.74, 6) is -0.106. The number of carbonyl (C=O) groups excluding carboxylic acids is 2. The Balaban J connectivity index is 2.11. The number of carbonyl (C=O) groups is 2. The first-order valence-electron chi connectivity index (χ1n) is 7.26. The average molecular weight is 291 g/mol. The van der Waals surface area contributed by atoms with Crippen LogP contribution in [0.15, 0.2) is 66.7 Å². The van der Waals surface area contributed by atoms with E-state index in [1.807, 2.05) is 66.7 Å². The molecule has 1 amide bonds. The van der Waals surface area contributed by atoms with Gasteiger partial charge in [-0.3, -0.25) is 9.59 Å². The number of hydrogen-bond acceptors (Lipinski definition) is 2. The average Bonchev–Trinajstić information content (AvgIpc) is 2.86. The van der Waals surface area contributed by atoms with Gasteiger partial charge in [-0.1, -0.05) is 60.7 Å². The molecule has 0 fully saturated rings. The second-order valence-corrected chi connectivity index (χ2v) is 5.59. The van der Waals surface area contributed by atoms with Gasteiger partial charge in [0.05, 0.1) is 5.54 Å². The molecule has 2 aromatic rings. The lowest BCUT2D eigenvalue weighted by atomic mass is 9.85. The Morgan fingerprint density at radius 3 is 2.18 bits per heavy atom. The van der Waals surface area contributed by atoms with Crippen molar-refractivity contribution in [1.82, 2.24) is 5.32 Å². The molecule has 110 valence electrons. The highest BCUT2D eigenvalue weighted by Gasteiger charge is 2.40. The van der Waals surface area contributed by atoms with Crippen LogP contribution in [-0.4, -0.2) is 11.7 Å². The quantitative estimate of drug-likeness (QED) is 0.941. The number of nitrogens with one attached hydrogen (secondary N) is 1. The zero-order valence-electron chi connectivity index (χ0n) is 12.4. The molecule has 22 heavy (non-hydrogen) atoms. The van der Waals surface area contributed by atoms with E-state index < -0.39 is 5.54 Å². The van der Waals surface area contributed by atoms with Crippen molar-refractivity contribution in [3.05, 3.63) is 77.9 Å². The van der Waals surface area contributed by atoms with Gasteiger partial charge in [0, 0.05) is 12.0 Å². The van der Waals surface area contributed by atoms with E-state index in [4.69, 9.17) is 0 Å². The Bertz CT molecular complexity index is 735. The van der Waals surface area contributed by atoms with Crippen molar-refractivity contribution in [2.45, 2.75) is 18.9 Å². The lowest BCUT2D eigenvalue weighted by Crippen LogP contribution is -2.41. The number of amides is 1. The monoisotopic (exact) mass is 291 g/mol. The normalized spacial score (nSPS) is 20.4. The molecule has 1 N–H and O–H groups in total. The summed E-state index contributed by atoms with van der Waals surface area (Å²) in [7, 11) is 0. The summed E-state index contributed by atoms with van der Waals surface area (Å²) in [5, 5.41) is 3.01. The summed E-state index contributed by atoms with van der Waals surface area (Å²) in [6.45, 7) is 1.55. The molecule has 0 aliphatic carbocycles. The first-order valence-corrected chi connectivity index (χ1v) is 7.26.